The first-order valence-corrected chi connectivity index (χ1v) is 9.45. The molecule has 0 aliphatic heterocycles. The molecule has 6 heteroatoms. The highest BCUT2D eigenvalue weighted by Crippen LogP contribution is 2.34. The summed E-state index contributed by atoms with van der Waals surface area (Å²) in [4.78, 5) is 9.24. The average molecular weight is 360 g/mol. The van der Waals surface area contributed by atoms with Crippen LogP contribution in [0.25, 0.3) is 43.6 Å². The molecule has 126 valence electrons. The maximum atomic E-state index is 11.4. The Bertz CT molecular complexity index is 1460. The van der Waals surface area contributed by atoms with Crippen molar-refractivity contribution in [2.45, 2.75) is 4.90 Å². The largest absolute Gasteiger partial charge is 0.294 e. The Morgan fingerprint density at radius 3 is 1.69 bits per heavy atom. The number of aromatic nitrogens is 2. The smallest absolute Gasteiger partial charge is 0.282 e. The lowest BCUT2D eigenvalue weighted by molar-refractivity contribution is 0.483. The molecule has 4 aromatic carbocycles. The maximum Gasteiger partial charge on any atom is 0.294 e. The van der Waals surface area contributed by atoms with Crippen molar-refractivity contribution >= 4 is 53.7 Å². The van der Waals surface area contributed by atoms with Gasteiger partial charge in [-0.1, -0.05) is 48.5 Å². The van der Waals surface area contributed by atoms with Crippen LogP contribution >= 0.6 is 0 Å². The van der Waals surface area contributed by atoms with E-state index in [1.807, 2.05) is 42.5 Å². The highest BCUT2D eigenvalue weighted by Gasteiger charge is 2.14. The molecule has 0 amide bonds. The molecule has 1 N–H and O–H groups in total. The summed E-state index contributed by atoms with van der Waals surface area (Å²) in [5.74, 6) is 0. The van der Waals surface area contributed by atoms with E-state index in [2.05, 4.69) is 6.07 Å². The number of hydrogen-bond donors (Lipinski definition) is 1. The fourth-order valence-electron chi connectivity index (χ4n) is 3.42. The van der Waals surface area contributed by atoms with Gasteiger partial charge in [0.1, 0.15) is 0 Å². The Kier molecular flexibility index (Phi) is 3.04. The molecule has 5 nitrogen and oxygen atoms in total. The minimum absolute atomic E-state index is 0.191. The van der Waals surface area contributed by atoms with Gasteiger partial charge in [0.15, 0.2) is 0 Å². The van der Waals surface area contributed by atoms with Crippen molar-refractivity contribution in [2.24, 2.45) is 0 Å². The minimum atomic E-state index is -4.29. The van der Waals surface area contributed by atoms with Crippen molar-refractivity contribution in [3.63, 3.8) is 0 Å². The van der Waals surface area contributed by atoms with Crippen LogP contribution in [0.15, 0.2) is 71.6 Å². The first kappa shape index (κ1) is 15.2. The van der Waals surface area contributed by atoms with Gasteiger partial charge >= 0.3 is 0 Å². The molecule has 0 fully saturated rings. The molecule has 1 aromatic heterocycles. The molecule has 0 aliphatic rings. The third-order valence-electron chi connectivity index (χ3n) is 4.59. The summed E-state index contributed by atoms with van der Waals surface area (Å²) in [6, 6.07) is 20.2. The monoisotopic (exact) mass is 360 g/mol. The summed E-state index contributed by atoms with van der Waals surface area (Å²) in [5, 5.41) is 4.11. The predicted molar refractivity (Wildman–Crippen MR) is 102 cm³/mol. The highest BCUT2D eigenvalue weighted by molar-refractivity contribution is 7.85. The molecule has 0 unspecified atom stereocenters. The normalized spacial score (nSPS) is 12.3. The molecule has 26 heavy (non-hydrogen) atoms. The minimum Gasteiger partial charge on any atom is -0.282 e. The van der Waals surface area contributed by atoms with Crippen molar-refractivity contribution in [2.75, 3.05) is 0 Å². The van der Waals surface area contributed by atoms with Gasteiger partial charge in [0.25, 0.3) is 10.1 Å². The summed E-state index contributed by atoms with van der Waals surface area (Å²) in [7, 11) is -4.29. The van der Waals surface area contributed by atoms with E-state index in [0.29, 0.717) is 16.6 Å². The fourth-order valence-corrected chi connectivity index (χ4v) is 3.92. The molecule has 0 saturated heterocycles. The van der Waals surface area contributed by atoms with Crippen LogP contribution in [0.1, 0.15) is 0 Å². The van der Waals surface area contributed by atoms with E-state index in [1.54, 1.807) is 6.07 Å². The van der Waals surface area contributed by atoms with Gasteiger partial charge < -0.3 is 0 Å². The van der Waals surface area contributed by atoms with E-state index in [-0.39, 0.29) is 4.90 Å². The lowest BCUT2D eigenvalue weighted by Crippen LogP contribution is -1.99. The predicted octanol–water partition coefficient (Wildman–Crippen LogP) is 4.34. The Morgan fingerprint density at radius 2 is 1.15 bits per heavy atom. The zero-order valence-electron chi connectivity index (χ0n) is 13.4. The van der Waals surface area contributed by atoms with E-state index >= 15 is 0 Å². The summed E-state index contributed by atoms with van der Waals surface area (Å²) in [6.07, 6.45) is 0. The fraction of sp³-hybridized carbons (Fsp3) is 0. The number of fused-ring (bicyclic) bond motifs is 7. The van der Waals surface area contributed by atoms with Gasteiger partial charge in [-0.05, 0) is 29.0 Å². The molecule has 5 rings (SSSR count). The lowest BCUT2D eigenvalue weighted by atomic mass is 9.99. The molecule has 0 bridgehead atoms. The van der Waals surface area contributed by atoms with Crippen LogP contribution in [0.2, 0.25) is 0 Å². The lowest BCUT2D eigenvalue weighted by Gasteiger charge is -2.10. The molecule has 0 atom stereocenters. The van der Waals surface area contributed by atoms with Crippen LogP contribution in [-0.4, -0.2) is 22.9 Å². The standard InChI is InChI=1S/C20H12N2O3S/c23-26(24,25)12-9-10-17-18(11-12)22-20-16-8-4-2-6-14(16)13-5-1-3-7-15(13)19(20)21-17/h1-11H,(H,23,24,25). The molecular formula is C20H12N2O3S. The molecule has 5 aromatic rings. The van der Waals surface area contributed by atoms with Gasteiger partial charge in [-0.2, -0.15) is 8.42 Å². The Hall–Kier alpha value is -3.09. The Balaban J connectivity index is 2.03. The summed E-state index contributed by atoms with van der Waals surface area (Å²) in [5.41, 5.74) is 2.48. The van der Waals surface area contributed by atoms with E-state index in [1.165, 1.54) is 12.1 Å². The van der Waals surface area contributed by atoms with Crippen LogP contribution in [0.5, 0.6) is 0 Å². The zero-order valence-corrected chi connectivity index (χ0v) is 14.2. The maximum absolute atomic E-state index is 11.4. The zero-order chi connectivity index (χ0) is 17.9. The second kappa shape index (κ2) is 5.20. The average Bonchev–Trinajstić information content (AvgIpc) is 2.66. The van der Waals surface area contributed by atoms with Crippen molar-refractivity contribution in [3.8, 4) is 0 Å². The van der Waals surface area contributed by atoms with Crippen molar-refractivity contribution in [3.05, 3.63) is 66.7 Å². The van der Waals surface area contributed by atoms with E-state index in [0.717, 1.165) is 27.1 Å². The van der Waals surface area contributed by atoms with Crippen LogP contribution < -0.4 is 0 Å². The second-order valence-corrected chi connectivity index (χ2v) is 7.56. The van der Waals surface area contributed by atoms with E-state index in [9.17, 15) is 13.0 Å². The first-order valence-electron chi connectivity index (χ1n) is 8.01. The van der Waals surface area contributed by atoms with Gasteiger partial charge in [-0.15, -0.1) is 0 Å². The number of nitrogens with zero attached hydrogens (tertiary/aromatic N) is 2. The van der Waals surface area contributed by atoms with Gasteiger partial charge in [-0.25, -0.2) is 9.97 Å². The van der Waals surface area contributed by atoms with Crippen molar-refractivity contribution in [1.82, 2.24) is 9.97 Å². The Labute approximate surface area is 148 Å². The van der Waals surface area contributed by atoms with Gasteiger partial charge in [0.2, 0.25) is 0 Å². The number of rotatable bonds is 1. The van der Waals surface area contributed by atoms with Gasteiger partial charge in [0, 0.05) is 10.8 Å². The van der Waals surface area contributed by atoms with Crippen molar-refractivity contribution in [1.29, 1.82) is 0 Å². The molecular weight excluding hydrogens is 348 g/mol. The molecule has 1 heterocycles. The van der Waals surface area contributed by atoms with Crippen LogP contribution in [0.3, 0.4) is 0 Å². The number of benzene rings is 4. The van der Waals surface area contributed by atoms with Crippen LogP contribution in [-0.2, 0) is 10.1 Å². The SMILES string of the molecule is O=S(=O)(O)c1ccc2nc3c4ccccc4c4ccccc4c3nc2c1. The molecule has 0 aliphatic carbocycles. The first-order chi connectivity index (χ1) is 12.5. The number of hydrogen-bond acceptors (Lipinski definition) is 4. The third-order valence-corrected chi connectivity index (χ3v) is 5.44. The summed E-state index contributed by atoms with van der Waals surface area (Å²) >= 11 is 0. The van der Waals surface area contributed by atoms with E-state index < -0.39 is 10.1 Å². The molecule has 0 radical (unpaired) electrons. The second-order valence-electron chi connectivity index (χ2n) is 6.14. The van der Waals surface area contributed by atoms with E-state index in [4.69, 9.17) is 9.97 Å². The Morgan fingerprint density at radius 1 is 0.654 bits per heavy atom. The van der Waals surface area contributed by atoms with Crippen LogP contribution in [0.4, 0.5) is 0 Å². The molecule has 0 saturated carbocycles. The van der Waals surface area contributed by atoms with Crippen LogP contribution in [0, 0.1) is 0 Å². The third kappa shape index (κ3) is 2.16. The highest BCUT2D eigenvalue weighted by atomic mass is 32.2. The van der Waals surface area contributed by atoms with Crippen molar-refractivity contribution < 1.29 is 13.0 Å². The topological polar surface area (TPSA) is 80.2 Å². The van der Waals surface area contributed by atoms with Gasteiger partial charge in [-0.3, -0.25) is 4.55 Å². The molecule has 0 spiro atoms. The van der Waals surface area contributed by atoms with Gasteiger partial charge in [0.05, 0.1) is 27.0 Å². The summed E-state index contributed by atoms with van der Waals surface area (Å²) in [6.45, 7) is 0. The quantitative estimate of drug-likeness (QED) is 0.273. The summed E-state index contributed by atoms with van der Waals surface area (Å²) < 4.78 is 32.2.